The van der Waals surface area contributed by atoms with Crippen LogP contribution in [0.3, 0.4) is 0 Å². The Morgan fingerprint density at radius 2 is 1.75 bits per heavy atom. The molecule has 10 nitrogen and oxygen atoms in total. The van der Waals surface area contributed by atoms with Crippen LogP contribution in [0.5, 0.6) is 0 Å². The van der Waals surface area contributed by atoms with Gasteiger partial charge in [-0.2, -0.15) is 0 Å². The van der Waals surface area contributed by atoms with E-state index in [2.05, 4.69) is 15.4 Å². The van der Waals surface area contributed by atoms with E-state index >= 15 is 0 Å². The van der Waals surface area contributed by atoms with E-state index in [-0.39, 0.29) is 15.6 Å². The summed E-state index contributed by atoms with van der Waals surface area (Å²) in [6, 6.07) is 2.81. The standard InChI is InChI=1S/C16H16Cl2N2O8/c1-27-16(26)19-6-12(22)20-10(5-13(23)24)11(21)7-28-15(25)14-8(17)3-2-4-9(14)18/h2-4,10H,5-7H2,1H3,(H,19,26)(H,20,22)(H,23,24)/t10-/m0/s1. The third-order valence-corrected chi connectivity index (χ3v) is 3.82. The van der Waals surface area contributed by atoms with Crippen LogP contribution in [0, 0.1) is 0 Å². The number of aliphatic carboxylic acids is 1. The number of carboxylic acids is 1. The molecular formula is C16H16Cl2N2O8. The minimum Gasteiger partial charge on any atom is -0.481 e. The molecule has 3 N–H and O–H groups in total. The maximum absolute atomic E-state index is 12.2. The fourth-order valence-corrected chi connectivity index (χ4v) is 2.44. The molecule has 0 saturated carbocycles. The predicted molar refractivity (Wildman–Crippen MR) is 96.3 cm³/mol. The molecule has 1 aromatic rings. The Balaban J connectivity index is 2.71. The topological polar surface area (TPSA) is 148 Å². The Labute approximate surface area is 169 Å². The minimum absolute atomic E-state index is 0.00854. The van der Waals surface area contributed by atoms with Gasteiger partial charge in [-0.25, -0.2) is 9.59 Å². The second-order valence-corrected chi connectivity index (χ2v) is 6.02. The summed E-state index contributed by atoms with van der Waals surface area (Å²) >= 11 is 11.7. The van der Waals surface area contributed by atoms with Crippen LogP contribution in [0.1, 0.15) is 16.8 Å². The van der Waals surface area contributed by atoms with Crippen LogP contribution in [0.2, 0.25) is 10.0 Å². The number of hydrogen-bond acceptors (Lipinski definition) is 7. The van der Waals surface area contributed by atoms with Crippen LogP contribution < -0.4 is 10.6 Å². The highest BCUT2D eigenvalue weighted by atomic mass is 35.5. The molecule has 1 aromatic carbocycles. The molecular weight excluding hydrogens is 419 g/mol. The normalized spacial score (nSPS) is 11.1. The van der Waals surface area contributed by atoms with Crippen LogP contribution in [0.15, 0.2) is 18.2 Å². The van der Waals surface area contributed by atoms with Crippen molar-refractivity contribution in [1.82, 2.24) is 10.6 Å². The molecule has 152 valence electrons. The summed E-state index contributed by atoms with van der Waals surface area (Å²) in [5, 5.41) is 13.1. The number of carbonyl (C=O) groups is 5. The van der Waals surface area contributed by atoms with Crippen molar-refractivity contribution in [3.63, 3.8) is 0 Å². The number of alkyl carbamates (subject to hydrolysis) is 1. The molecule has 1 atom stereocenters. The fraction of sp³-hybridized carbons (Fsp3) is 0.312. The molecule has 0 aliphatic rings. The summed E-state index contributed by atoms with van der Waals surface area (Å²) in [6.45, 7) is -1.38. The summed E-state index contributed by atoms with van der Waals surface area (Å²) in [5.41, 5.74) is -0.153. The minimum atomic E-state index is -1.49. The number of Topliss-reactive ketones (excluding diaryl/α,β-unsaturated/α-hetero) is 1. The highest BCUT2D eigenvalue weighted by Gasteiger charge is 2.26. The highest BCUT2D eigenvalue weighted by molar-refractivity contribution is 6.39. The van der Waals surface area contributed by atoms with Gasteiger partial charge in [0.15, 0.2) is 12.4 Å². The molecule has 0 radical (unpaired) electrons. The molecule has 0 aromatic heterocycles. The van der Waals surface area contributed by atoms with Crippen molar-refractivity contribution in [2.24, 2.45) is 0 Å². The third-order valence-electron chi connectivity index (χ3n) is 3.19. The lowest BCUT2D eigenvalue weighted by atomic mass is 10.1. The Morgan fingerprint density at radius 1 is 1.14 bits per heavy atom. The number of halogens is 2. The van der Waals surface area contributed by atoms with Crippen molar-refractivity contribution in [3.8, 4) is 0 Å². The largest absolute Gasteiger partial charge is 0.481 e. The molecule has 0 aliphatic heterocycles. The van der Waals surface area contributed by atoms with Gasteiger partial charge in [-0.3, -0.25) is 14.4 Å². The Bertz CT molecular complexity index is 764. The number of esters is 1. The van der Waals surface area contributed by atoms with Gasteiger partial charge in [-0.15, -0.1) is 0 Å². The van der Waals surface area contributed by atoms with Gasteiger partial charge in [-0.05, 0) is 12.1 Å². The number of methoxy groups -OCH3 is 1. The van der Waals surface area contributed by atoms with E-state index < -0.39 is 55.3 Å². The van der Waals surface area contributed by atoms with Gasteiger partial charge in [0.25, 0.3) is 0 Å². The van der Waals surface area contributed by atoms with Crippen molar-refractivity contribution in [1.29, 1.82) is 0 Å². The monoisotopic (exact) mass is 434 g/mol. The molecule has 1 rings (SSSR count). The van der Waals surface area contributed by atoms with E-state index in [1.807, 2.05) is 0 Å². The zero-order valence-corrected chi connectivity index (χ0v) is 16.0. The number of amides is 2. The first-order valence-corrected chi connectivity index (χ1v) is 8.38. The van der Waals surface area contributed by atoms with Gasteiger partial charge in [0.05, 0.1) is 29.1 Å². The maximum atomic E-state index is 12.2. The lowest BCUT2D eigenvalue weighted by molar-refractivity contribution is -0.140. The predicted octanol–water partition coefficient (Wildman–Crippen LogP) is 1.03. The first kappa shape index (κ1) is 23.2. The number of rotatable bonds is 9. The lowest BCUT2D eigenvalue weighted by Crippen LogP contribution is -2.47. The number of ether oxygens (including phenoxy) is 2. The van der Waals surface area contributed by atoms with Crippen LogP contribution in [-0.2, 0) is 23.9 Å². The number of carbonyl (C=O) groups excluding carboxylic acids is 4. The van der Waals surface area contributed by atoms with Crippen molar-refractivity contribution >= 4 is 52.9 Å². The van der Waals surface area contributed by atoms with Crippen molar-refractivity contribution in [2.45, 2.75) is 12.5 Å². The Hall–Kier alpha value is -2.85. The van der Waals surface area contributed by atoms with E-state index in [1.165, 1.54) is 18.2 Å². The summed E-state index contributed by atoms with van der Waals surface area (Å²) in [6.07, 6.45) is -1.64. The van der Waals surface area contributed by atoms with Gasteiger partial charge < -0.3 is 25.2 Å². The molecule has 12 heteroatoms. The third kappa shape index (κ3) is 7.41. The molecule has 2 amide bonds. The fourth-order valence-electron chi connectivity index (χ4n) is 1.89. The van der Waals surface area contributed by atoms with Gasteiger partial charge in [0.1, 0.15) is 12.6 Å². The molecule has 0 bridgehead atoms. The summed E-state index contributed by atoms with van der Waals surface area (Å²) in [4.78, 5) is 57.8. The lowest BCUT2D eigenvalue weighted by Gasteiger charge is -2.16. The zero-order valence-electron chi connectivity index (χ0n) is 14.5. The number of hydrogen-bond donors (Lipinski definition) is 3. The second-order valence-electron chi connectivity index (χ2n) is 5.20. The Morgan fingerprint density at radius 3 is 2.29 bits per heavy atom. The first-order valence-electron chi connectivity index (χ1n) is 7.62. The molecule has 0 spiro atoms. The maximum Gasteiger partial charge on any atom is 0.407 e. The molecule has 28 heavy (non-hydrogen) atoms. The van der Waals surface area contributed by atoms with Crippen molar-refractivity contribution < 1.29 is 38.6 Å². The van der Waals surface area contributed by atoms with Crippen LogP contribution in [0.4, 0.5) is 4.79 Å². The highest BCUT2D eigenvalue weighted by Crippen LogP contribution is 2.24. The molecule has 0 fully saturated rings. The van der Waals surface area contributed by atoms with Gasteiger partial charge in [0.2, 0.25) is 5.91 Å². The molecule has 0 aliphatic carbocycles. The van der Waals surface area contributed by atoms with Crippen LogP contribution in [0.25, 0.3) is 0 Å². The van der Waals surface area contributed by atoms with Crippen LogP contribution in [-0.4, -0.2) is 61.1 Å². The zero-order chi connectivity index (χ0) is 21.3. The summed E-state index contributed by atoms with van der Waals surface area (Å²) in [7, 11) is 1.09. The van der Waals surface area contributed by atoms with E-state index in [0.29, 0.717) is 0 Å². The quantitative estimate of drug-likeness (QED) is 0.488. The SMILES string of the molecule is COC(=O)NCC(=O)N[C@@H](CC(=O)O)C(=O)COC(=O)c1c(Cl)cccc1Cl. The molecule has 0 saturated heterocycles. The average Bonchev–Trinajstić information content (AvgIpc) is 2.63. The summed E-state index contributed by atoms with van der Waals surface area (Å²) in [5.74, 6) is -4.09. The van der Waals surface area contributed by atoms with Crippen molar-refractivity contribution in [2.75, 3.05) is 20.3 Å². The van der Waals surface area contributed by atoms with E-state index in [4.69, 9.17) is 33.0 Å². The van der Waals surface area contributed by atoms with E-state index in [1.54, 1.807) is 0 Å². The smallest absolute Gasteiger partial charge is 0.407 e. The number of ketones is 1. The second kappa shape index (κ2) is 11.1. The summed E-state index contributed by atoms with van der Waals surface area (Å²) < 4.78 is 9.09. The molecule has 0 heterocycles. The van der Waals surface area contributed by atoms with E-state index in [0.717, 1.165) is 7.11 Å². The molecule has 0 unspecified atom stereocenters. The average molecular weight is 435 g/mol. The van der Waals surface area contributed by atoms with Crippen LogP contribution >= 0.6 is 23.2 Å². The number of nitrogens with one attached hydrogen (secondary N) is 2. The number of carboxylic acid groups (broad SMARTS) is 1. The van der Waals surface area contributed by atoms with Gasteiger partial charge >= 0.3 is 18.0 Å². The Kier molecular flexibility index (Phi) is 9.19. The van der Waals surface area contributed by atoms with E-state index in [9.17, 15) is 24.0 Å². The van der Waals surface area contributed by atoms with Crippen molar-refractivity contribution in [3.05, 3.63) is 33.8 Å². The van der Waals surface area contributed by atoms with Gasteiger partial charge in [0, 0.05) is 0 Å². The first-order chi connectivity index (χ1) is 13.1. The number of benzene rings is 1. The van der Waals surface area contributed by atoms with Gasteiger partial charge in [-0.1, -0.05) is 29.3 Å².